The summed E-state index contributed by atoms with van der Waals surface area (Å²) in [6.07, 6.45) is -3.53. The van der Waals surface area contributed by atoms with Gasteiger partial charge in [0.2, 0.25) is 0 Å². The van der Waals surface area contributed by atoms with Gasteiger partial charge < -0.3 is 19.4 Å². The lowest BCUT2D eigenvalue weighted by Gasteiger charge is -2.32. The van der Waals surface area contributed by atoms with Gasteiger partial charge in [0, 0.05) is 6.54 Å². The van der Waals surface area contributed by atoms with Gasteiger partial charge in [0.1, 0.15) is 5.60 Å². The molecule has 1 amide bonds. The van der Waals surface area contributed by atoms with Crippen LogP contribution in [0.2, 0.25) is 0 Å². The minimum absolute atomic E-state index is 0.0125. The molecular weight excluding hydrogens is 410 g/mol. The number of rotatable bonds is 4. The fraction of sp³-hybridized carbons (Fsp3) is 0.591. The van der Waals surface area contributed by atoms with E-state index < -0.39 is 41.8 Å². The SMILES string of the molecule is Cc1c(C=C(CNC(=O)OC(C)(C)C)B2OC(C)(C)C(C)(C)O2)cccc1C(F)(F)F. The molecule has 31 heavy (non-hydrogen) atoms. The Labute approximate surface area is 182 Å². The number of hydrogen-bond acceptors (Lipinski definition) is 4. The molecule has 1 aromatic rings. The molecule has 9 heteroatoms. The lowest BCUT2D eigenvalue weighted by molar-refractivity contribution is -0.138. The predicted molar refractivity (Wildman–Crippen MR) is 114 cm³/mol. The van der Waals surface area contributed by atoms with Crippen LogP contribution in [0.15, 0.2) is 23.7 Å². The Morgan fingerprint density at radius 3 is 2.16 bits per heavy atom. The molecule has 1 heterocycles. The van der Waals surface area contributed by atoms with Crippen LogP contribution in [-0.2, 0) is 20.2 Å². The fourth-order valence-corrected chi connectivity index (χ4v) is 3.00. The zero-order chi connectivity index (χ0) is 23.8. The van der Waals surface area contributed by atoms with E-state index in [2.05, 4.69) is 5.32 Å². The van der Waals surface area contributed by atoms with Gasteiger partial charge in [-0.2, -0.15) is 13.2 Å². The second-order valence-electron chi connectivity index (χ2n) is 9.68. The van der Waals surface area contributed by atoms with Crippen molar-refractivity contribution in [2.75, 3.05) is 6.54 Å². The number of alkyl halides is 3. The zero-order valence-electron chi connectivity index (χ0n) is 19.4. The lowest BCUT2D eigenvalue weighted by atomic mass is 9.76. The van der Waals surface area contributed by atoms with Gasteiger partial charge in [0.15, 0.2) is 0 Å². The summed E-state index contributed by atoms with van der Waals surface area (Å²) in [6.45, 7) is 14.1. The number of amides is 1. The monoisotopic (exact) mass is 441 g/mol. The van der Waals surface area contributed by atoms with Gasteiger partial charge >= 0.3 is 19.4 Å². The Bertz CT molecular complexity index is 841. The maximum absolute atomic E-state index is 13.3. The van der Waals surface area contributed by atoms with Crippen LogP contribution < -0.4 is 5.32 Å². The van der Waals surface area contributed by atoms with Crippen LogP contribution >= 0.6 is 0 Å². The molecule has 5 nitrogen and oxygen atoms in total. The van der Waals surface area contributed by atoms with Crippen molar-refractivity contribution in [2.24, 2.45) is 0 Å². The number of ether oxygens (including phenoxy) is 1. The molecule has 172 valence electrons. The first-order chi connectivity index (χ1) is 13.9. The van der Waals surface area contributed by atoms with Crippen LogP contribution in [0, 0.1) is 6.92 Å². The normalized spacial score (nSPS) is 18.8. The molecule has 1 fully saturated rings. The predicted octanol–water partition coefficient (Wildman–Crippen LogP) is 5.55. The molecule has 0 unspecified atom stereocenters. The Morgan fingerprint density at radius 2 is 1.68 bits per heavy atom. The number of halogens is 3. The smallest absolute Gasteiger partial charge is 0.444 e. The number of nitrogens with one attached hydrogen (secondary N) is 1. The summed E-state index contributed by atoms with van der Waals surface area (Å²) < 4.78 is 57.4. The average molecular weight is 441 g/mol. The lowest BCUT2D eigenvalue weighted by Crippen LogP contribution is -2.41. The quantitative estimate of drug-likeness (QED) is 0.623. The summed E-state index contributed by atoms with van der Waals surface area (Å²) in [6, 6.07) is 3.98. The van der Waals surface area contributed by atoms with Gasteiger partial charge in [-0.05, 0) is 78.1 Å². The Morgan fingerprint density at radius 1 is 1.13 bits per heavy atom. The highest BCUT2D eigenvalue weighted by molar-refractivity contribution is 6.56. The van der Waals surface area contributed by atoms with Gasteiger partial charge in [-0.15, -0.1) is 0 Å². The van der Waals surface area contributed by atoms with E-state index in [1.165, 1.54) is 13.0 Å². The van der Waals surface area contributed by atoms with Crippen LogP contribution in [0.3, 0.4) is 0 Å². The largest absolute Gasteiger partial charge is 0.492 e. The summed E-state index contributed by atoms with van der Waals surface area (Å²) in [4.78, 5) is 12.1. The van der Waals surface area contributed by atoms with E-state index in [0.29, 0.717) is 11.0 Å². The molecule has 1 aliphatic rings. The second kappa shape index (κ2) is 8.50. The molecule has 1 saturated heterocycles. The van der Waals surface area contributed by atoms with E-state index in [1.54, 1.807) is 32.9 Å². The summed E-state index contributed by atoms with van der Waals surface area (Å²) in [5.74, 6) is 0. The molecule has 0 bridgehead atoms. The van der Waals surface area contributed by atoms with Crippen LogP contribution in [-0.4, -0.2) is 36.6 Å². The van der Waals surface area contributed by atoms with Crippen molar-refractivity contribution >= 4 is 19.3 Å². The van der Waals surface area contributed by atoms with Gasteiger partial charge in [-0.1, -0.05) is 18.2 Å². The molecule has 1 N–H and O–H groups in total. The molecule has 0 spiro atoms. The van der Waals surface area contributed by atoms with E-state index in [4.69, 9.17) is 14.0 Å². The van der Waals surface area contributed by atoms with Crippen molar-refractivity contribution in [3.05, 3.63) is 40.4 Å². The molecule has 2 rings (SSSR count). The zero-order valence-corrected chi connectivity index (χ0v) is 19.4. The van der Waals surface area contributed by atoms with Crippen LogP contribution in [0.5, 0.6) is 0 Å². The molecular formula is C22H31BF3NO4. The van der Waals surface area contributed by atoms with Gasteiger partial charge in [-0.25, -0.2) is 4.79 Å². The van der Waals surface area contributed by atoms with Crippen LogP contribution in [0.4, 0.5) is 18.0 Å². The minimum Gasteiger partial charge on any atom is -0.444 e. The maximum atomic E-state index is 13.3. The number of benzene rings is 1. The molecule has 0 aliphatic carbocycles. The van der Waals surface area contributed by atoms with Crippen molar-refractivity contribution in [1.82, 2.24) is 5.32 Å². The van der Waals surface area contributed by atoms with Crippen LogP contribution in [0.25, 0.3) is 6.08 Å². The van der Waals surface area contributed by atoms with Crippen LogP contribution in [0.1, 0.15) is 65.2 Å². The summed E-state index contributed by atoms with van der Waals surface area (Å²) in [5, 5.41) is 2.64. The standard InChI is InChI=1S/C22H31BF3NO4/c1-14-15(10-9-11-17(14)22(24,25)26)12-16(13-27-18(28)29-19(2,3)4)23-30-20(5,6)21(7,8)31-23/h9-12H,13H2,1-8H3,(H,27,28). The van der Waals surface area contributed by atoms with Crippen molar-refractivity contribution in [1.29, 1.82) is 0 Å². The highest BCUT2D eigenvalue weighted by Crippen LogP contribution is 2.39. The number of carbonyl (C=O) groups excluding carboxylic acids is 1. The van der Waals surface area contributed by atoms with E-state index in [9.17, 15) is 18.0 Å². The molecule has 1 aromatic carbocycles. The Hall–Kier alpha value is -2.00. The maximum Gasteiger partial charge on any atom is 0.492 e. The molecule has 0 radical (unpaired) electrons. The van der Waals surface area contributed by atoms with E-state index in [1.807, 2.05) is 27.7 Å². The fourth-order valence-electron chi connectivity index (χ4n) is 3.00. The van der Waals surface area contributed by atoms with Gasteiger partial charge in [0.05, 0.1) is 16.8 Å². The Balaban J connectivity index is 2.40. The number of alkyl carbamates (subject to hydrolysis) is 1. The summed E-state index contributed by atoms with van der Waals surface area (Å²) in [7, 11) is -0.839. The van der Waals surface area contributed by atoms with E-state index in [-0.39, 0.29) is 12.1 Å². The first-order valence-corrected chi connectivity index (χ1v) is 10.1. The molecule has 0 aromatic heterocycles. The third-order valence-corrected chi connectivity index (χ3v) is 5.41. The Kier molecular flexibility index (Phi) is 6.93. The first-order valence-electron chi connectivity index (χ1n) is 10.1. The van der Waals surface area contributed by atoms with Crippen molar-refractivity contribution in [2.45, 2.75) is 78.4 Å². The van der Waals surface area contributed by atoms with Crippen molar-refractivity contribution < 1.29 is 32.0 Å². The molecule has 0 saturated carbocycles. The van der Waals surface area contributed by atoms with E-state index in [0.717, 1.165) is 6.07 Å². The number of carbonyl (C=O) groups is 1. The third kappa shape index (κ3) is 6.26. The van der Waals surface area contributed by atoms with Crippen molar-refractivity contribution in [3.63, 3.8) is 0 Å². The van der Waals surface area contributed by atoms with Gasteiger partial charge in [-0.3, -0.25) is 0 Å². The number of hydrogen-bond donors (Lipinski definition) is 1. The first kappa shape index (κ1) is 25.3. The van der Waals surface area contributed by atoms with Gasteiger partial charge in [0.25, 0.3) is 0 Å². The highest BCUT2D eigenvalue weighted by Gasteiger charge is 2.52. The molecule has 1 aliphatic heterocycles. The minimum atomic E-state index is -4.47. The average Bonchev–Trinajstić information content (AvgIpc) is 2.77. The van der Waals surface area contributed by atoms with E-state index >= 15 is 0 Å². The summed E-state index contributed by atoms with van der Waals surface area (Å²) in [5.41, 5.74) is -1.76. The summed E-state index contributed by atoms with van der Waals surface area (Å²) >= 11 is 0. The molecule has 0 atom stereocenters. The second-order valence-corrected chi connectivity index (χ2v) is 9.68. The van der Waals surface area contributed by atoms with Crippen molar-refractivity contribution in [3.8, 4) is 0 Å². The topological polar surface area (TPSA) is 56.8 Å². The third-order valence-electron chi connectivity index (χ3n) is 5.41. The highest BCUT2D eigenvalue weighted by atomic mass is 19.4.